The van der Waals surface area contributed by atoms with Crippen LogP contribution in [0.15, 0.2) is 48.5 Å². The molecule has 2 aromatic carbocycles. The van der Waals surface area contributed by atoms with Crippen LogP contribution in [0.4, 0.5) is 0 Å². The van der Waals surface area contributed by atoms with Crippen LogP contribution < -0.4 is 15.2 Å². The third-order valence-corrected chi connectivity index (χ3v) is 3.81. The average Bonchev–Trinajstić information content (AvgIpc) is 2.96. The molecule has 1 heterocycles. The van der Waals surface area contributed by atoms with E-state index >= 15 is 0 Å². The van der Waals surface area contributed by atoms with Crippen LogP contribution in [0.25, 0.3) is 0 Å². The maximum absolute atomic E-state index is 6.36. The summed E-state index contributed by atoms with van der Waals surface area (Å²) in [5.41, 5.74) is 8.68. The number of hydrogen-bond acceptors (Lipinski definition) is 3. The van der Waals surface area contributed by atoms with E-state index < -0.39 is 0 Å². The molecule has 2 aromatic rings. The van der Waals surface area contributed by atoms with E-state index in [1.54, 1.807) is 0 Å². The summed E-state index contributed by atoms with van der Waals surface area (Å²) >= 11 is 0. The van der Waals surface area contributed by atoms with Gasteiger partial charge in [-0.25, -0.2) is 0 Å². The van der Waals surface area contributed by atoms with Crippen LogP contribution in [-0.4, -0.2) is 12.7 Å². The van der Waals surface area contributed by atoms with Gasteiger partial charge < -0.3 is 15.2 Å². The maximum atomic E-state index is 6.36. The molecule has 0 aromatic heterocycles. The Hall–Kier alpha value is -2.00. The van der Waals surface area contributed by atoms with Crippen molar-refractivity contribution in [3.63, 3.8) is 0 Å². The van der Waals surface area contributed by atoms with Gasteiger partial charge in [-0.2, -0.15) is 0 Å². The molecule has 2 atom stereocenters. The van der Waals surface area contributed by atoms with Crippen molar-refractivity contribution >= 4 is 0 Å². The second-order valence-corrected chi connectivity index (χ2v) is 5.41. The zero-order valence-electron chi connectivity index (χ0n) is 12.3. The Balaban J connectivity index is 1.67. The Kier molecular flexibility index (Phi) is 4.11. The van der Waals surface area contributed by atoms with E-state index in [9.17, 15) is 0 Å². The van der Waals surface area contributed by atoms with Crippen molar-refractivity contribution in [2.24, 2.45) is 5.73 Å². The van der Waals surface area contributed by atoms with Gasteiger partial charge in [-0.1, -0.05) is 37.3 Å². The molecule has 0 saturated heterocycles. The van der Waals surface area contributed by atoms with Crippen LogP contribution in [0.3, 0.4) is 0 Å². The van der Waals surface area contributed by atoms with Crippen LogP contribution >= 0.6 is 0 Å². The van der Waals surface area contributed by atoms with Crippen LogP contribution in [0.2, 0.25) is 0 Å². The molecule has 0 bridgehead atoms. The molecule has 2 unspecified atom stereocenters. The molecular formula is C18H21NO2. The number of rotatable bonds is 5. The highest BCUT2D eigenvalue weighted by atomic mass is 16.5. The van der Waals surface area contributed by atoms with Crippen LogP contribution in [-0.2, 0) is 6.42 Å². The molecule has 2 N–H and O–H groups in total. The van der Waals surface area contributed by atoms with Gasteiger partial charge in [0.25, 0.3) is 0 Å². The van der Waals surface area contributed by atoms with E-state index in [4.69, 9.17) is 15.2 Å². The lowest BCUT2D eigenvalue weighted by molar-refractivity contribution is 0.199. The molecule has 21 heavy (non-hydrogen) atoms. The van der Waals surface area contributed by atoms with Crippen LogP contribution in [0, 0.1) is 0 Å². The Bertz CT molecular complexity index is 569. The third-order valence-electron chi connectivity index (χ3n) is 3.81. The minimum absolute atomic E-state index is 0.00445. The normalized spacial score (nSPS) is 17.9. The highest BCUT2D eigenvalue weighted by Crippen LogP contribution is 2.33. The lowest BCUT2D eigenvalue weighted by Crippen LogP contribution is -2.29. The summed E-state index contributed by atoms with van der Waals surface area (Å²) in [5.74, 6) is 1.85. The fourth-order valence-electron chi connectivity index (χ4n) is 2.63. The van der Waals surface area contributed by atoms with Gasteiger partial charge in [0.15, 0.2) is 0 Å². The summed E-state index contributed by atoms with van der Waals surface area (Å²) in [6, 6.07) is 16.0. The van der Waals surface area contributed by atoms with Crippen molar-refractivity contribution in [2.45, 2.75) is 31.9 Å². The third kappa shape index (κ3) is 3.03. The second-order valence-electron chi connectivity index (χ2n) is 5.41. The van der Waals surface area contributed by atoms with Gasteiger partial charge in [-0.3, -0.25) is 0 Å². The van der Waals surface area contributed by atoms with Gasteiger partial charge in [0.1, 0.15) is 17.6 Å². The number of hydrogen-bond donors (Lipinski definition) is 1. The molecule has 110 valence electrons. The summed E-state index contributed by atoms with van der Waals surface area (Å²) < 4.78 is 11.6. The second kappa shape index (κ2) is 6.19. The molecule has 1 aliphatic rings. The predicted octanol–water partition coefficient (Wildman–Crippen LogP) is 3.48. The first-order valence-corrected chi connectivity index (χ1v) is 7.51. The highest BCUT2D eigenvalue weighted by Gasteiger charge is 2.28. The van der Waals surface area contributed by atoms with Crippen molar-refractivity contribution < 1.29 is 9.47 Å². The van der Waals surface area contributed by atoms with Crippen LogP contribution in [0.1, 0.15) is 30.5 Å². The topological polar surface area (TPSA) is 44.5 Å². The first kappa shape index (κ1) is 14.0. The number of ether oxygens (including phenoxy) is 2. The van der Waals surface area contributed by atoms with Crippen molar-refractivity contribution in [2.75, 3.05) is 6.61 Å². The zero-order chi connectivity index (χ0) is 14.7. The Morgan fingerprint density at radius 1 is 1.19 bits per heavy atom. The standard InChI is InChI=1S/C18H21NO2/c1-2-11-20-15-9-7-13(8-10-15)18(19)17-12-14-5-3-4-6-16(14)21-17/h3-10,17-18H,2,11-12,19H2,1H3. The summed E-state index contributed by atoms with van der Waals surface area (Å²) in [4.78, 5) is 0. The van der Waals surface area contributed by atoms with E-state index in [1.165, 1.54) is 5.56 Å². The molecule has 0 amide bonds. The molecule has 3 nitrogen and oxygen atoms in total. The van der Waals surface area contributed by atoms with Gasteiger partial charge in [0, 0.05) is 6.42 Å². The highest BCUT2D eigenvalue weighted by molar-refractivity contribution is 5.39. The first-order chi connectivity index (χ1) is 10.3. The predicted molar refractivity (Wildman–Crippen MR) is 83.7 cm³/mol. The van der Waals surface area contributed by atoms with Gasteiger partial charge in [-0.05, 0) is 35.7 Å². The van der Waals surface area contributed by atoms with E-state index in [0.717, 1.165) is 36.5 Å². The molecule has 0 fully saturated rings. The summed E-state index contributed by atoms with van der Waals surface area (Å²) in [6.07, 6.45) is 1.88. The molecule has 0 saturated carbocycles. The fraction of sp³-hybridized carbons (Fsp3) is 0.333. The summed E-state index contributed by atoms with van der Waals surface area (Å²) in [6.45, 7) is 2.84. The van der Waals surface area contributed by atoms with Crippen molar-refractivity contribution in [3.8, 4) is 11.5 Å². The SMILES string of the molecule is CCCOc1ccc(C(N)C2Cc3ccccc3O2)cc1. The first-order valence-electron chi connectivity index (χ1n) is 7.51. The Labute approximate surface area is 125 Å². The largest absolute Gasteiger partial charge is 0.494 e. The van der Waals surface area contributed by atoms with Crippen molar-refractivity contribution in [1.82, 2.24) is 0 Å². The van der Waals surface area contributed by atoms with E-state index in [0.29, 0.717) is 0 Å². The van der Waals surface area contributed by atoms with Gasteiger partial charge in [0.2, 0.25) is 0 Å². The van der Waals surface area contributed by atoms with Gasteiger partial charge in [0.05, 0.1) is 12.6 Å². The molecule has 0 spiro atoms. The fourth-order valence-corrected chi connectivity index (χ4v) is 2.63. The quantitative estimate of drug-likeness (QED) is 0.913. The minimum Gasteiger partial charge on any atom is -0.494 e. The number of para-hydroxylation sites is 1. The molecule has 0 radical (unpaired) electrons. The van der Waals surface area contributed by atoms with Crippen molar-refractivity contribution in [3.05, 3.63) is 59.7 Å². The number of fused-ring (bicyclic) bond motifs is 1. The number of nitrogens with two attached hydrogens (primary N) is 1. The monoisotopic (exact) mass is 283 g/mol. The minimum atomic E-state index is -0.127. The lowest BCUT2D eigenvalue weighted by Gasteiger charge is -2.19. The Morgan fingerprint density at radius 2 is 1.95 bits per heavy atom. The van der Waals surface area contributed by atoms with E-state index in [1.807, 2.05) is 42.5 Å². The molecular weight excluding hydrogens is 262 g/mol. The lowest BCUT2D eigenvalue weighted by atomic mass is 9.98. The molecule has 0 aliphatic carbocycles. The van der Waals surface area contributed by atoms with Gasteiger partial charge >= 0.3 is 0 Å². The van der Waals surface area contributed by atoms with E-state index in [-0.39, 0.29) is 12.1 Å². The maximum Gasteiger partial charge on any atom is 0.123 e. The molecule has 1 aliphatic heterocycles. The molecule has 3 heteroatoms. The van der Waals surface area contributed by atoms with Gasteiger partial charge in [-0.15, -0.1) is 0 Å². The zero-order valence-corrected chi connectivity index (χ0v) is 12.3. The number of benzene rings is 2. The molecule has 3 rings (SSSR count). The van der Waals surface area contributed by atoms with Crippen LogP contribution in [0.5, 0.6) is 11.5 Å². The smallest absolute Gasteiger partial charge is 0.123 e. The Morgan fingerprint density at radius 3 is 2.67 bits per heavy atom. The van der Waals surface area contributed by atoms with Crippen molar-refractivity contribution in [1.29, 1.82) is 0 Å². The average molecular weight is 283 g/mol. The summed E-state index contributed by atoms with van der Waals surface area (Å²) in [7, 11) is 0. The van der Waals surface area contributed by atoms with E-state index in [2.05, 4.69) is 13.0 Å². The summed E-state index contributed by atoms with van der Waals surface area (Å²) in [5, 5.41) is 0.